The van der Waals surface area contributed by atoms with E-state index in [2.05, 4.69) is 10.4 Å². The molecule has 2 aromatic carbocycles. The molecular weight excluding hydrogens is 352 g/mol. The summed E-state index contributed by atoms with van der Waals surface area (Å²) in [5, 5.41) is 6.59. The lowest BCUT2D eigenvalue weighted by Gasteiger charge is -2.09. The van der Waals surface area contributed by atoms with Crippen LogP contribution in [0.1, 0.15) is 27.2 Å². The highest BCUT2D eigenvalue weighted by atomic mass is 19.1. The Bertz CT molecular complexity index is 1030. The standard InChI is InChI=1S/C20H17F2N3O2/c1-13-2-4-14(5-3-13)12-25-19(26)9-8-18(24-25)20(27)23-11-15-6-7-16(21)10-17(15)22/h2-10H,11-12H2,1H3,(H,23,27). The number of hydrogen-bond donors (Lipinski definition) is 1. The Hall–Kier alpha value is -3.35. The van der Waals surface area contributed by atoms with Gasteiger partial charge in [-0.05, 0) is 24.6 Å². The van der Waals surface area contributed by atoms with E-state index < -0.39 is 17.5 Å². The maximum atomic E-state index is 13.6. The number of halogens is 2. The summed E-state index contributed by atoms with van der Waals surface area (Å²) in [6.45, 7) is 2.07. The summed E-state index contributed by atoms with van der Waals surface area (Å²) >= 11 is 0. The molecule has 3 aromatic rings. The summed E-state index contributed by atoms with van der Waals surface area (Å²) < 4.78 is 27.8. The normalized spacial score (nSPS) is 10.6. The number of aromatic nitrogens is 2. The second-order valence-corrected chi connectivity index (χ2v) is 6.12. The van der Waals surface area contributed by atoms with Gasteiger partial charge in [0.25, 0.3) is 11.5 Å². The lowest BCUT2D eigenvalue weighted by molar-refractivity contribution is 0.0943. The topological polar surface area (TPSA) is 64.0 Å². The Labute approximate surface area is 154 Å². The average molecular weight is 369 g/mol. The van der Waals surface area contributed by atoms with Gasteiger partial charge in [-0.1, -0.05) is 35.9 Å². The highest BCUT2D eigenvalue weighted by Gasteiger charge is 2.11. The molecule has 0 spiro atoms. The number of carbonyl (C=O) groups excluding carboxylic acids is 1. The van der Waals surface area contributed by atoms with Crippen LogP contribution in [-0.4, -0.2) is 15.7 Å². The van der Waals surface area contributed by atoms with E-state index in [1.54, 1.807) is 0 Å². The Balaban J connectivity index is 1.73. The van der Waals surface area contributed by atoms with Gasteiger partial charge in [0, 0.05) is 24.2 Å². The molecule has 3 rings (SSSR count). The average Bonchev–Trinajstić information content (AvgIpc) is 2.64. The Morgan fingerprint density at radius 2 is 1.81 bits per heavy atom. The number of hydrogen-bond acceptors (Lipinski definition) is 3. The number of rotatable bonds is 5. The van der Waals surface area contributed by atoms with Crippen LogP contribution in [0.2, 0.25) is 0 Å². The van der Waals surface area contributed by atoms with Crippen LogP contribution in [0.4, 0.5) is 8.78 Å². The first kappa shape index (κ1) is 18.4. The van der Waals surface area contributed by atoms with Crippen molar-refractivity contribution in [2.45, 2.75) is 20.0 Å². The van der Waals surface area contributed by atoms with Crippen molar-refractivity contribution in [2.24, 2.45) is 0 Å². The molecule has 1 aromatic heterocycles. The predicted molar refractivity (Wildman–Crippen MR) is 96.3 cm³/mol. The van der Waals surface area contributed by atoms with Crippen LogP contribution >= 0.6 is 0 Å². The third-order valence-corrected chi connectivity index (χ3v) is 4.01. The SMILES string of the molecule is Cc1ccc(Cn2nc(C(=O)NCc3ccc(F)cc3F)ccc2=O)cc1. The second-order valence-electron chi connectivity index (χ2n) is 6.12. The minimum atomic E-state index is -0.743. The molecule has 0 fully saturated rings. The summed E-state index contributed by atoms with van der Waals surface area (Å²) in [6, 6.07) is 13.3. The van der Waals surface area contributed by atoms with E-state index in [0.29, 0.717) is 0 Å². The molecule has 0 saturated carbocycles. The number of amides is 1. The van der Waals surface area contributed by atoms with Crippen LogP contribution in [0.3, 0.4) is 0 Å². The molecule has 1 heterocycles. The van der Waals surface area contributed by atoms with E-state index in [4.69, 9.17) is 0 Å². The van der Waals surface area contributed by atoms with Crippen molar-refractivity contribution < 1.29 is 13.6 Å². The van der Waals surface area contributed by atoms with Gasteiger partial charge in [-0.15, -0.1) is 0 Å². The van der Waals surface area contributed by atoms with E-state index in [0.717, 1.165) is 23.3 Å². The van der Waals surface area contributed by atoms with Crippen molar-refractivity contribution in [1.82, 2.24) is 15.1 Å². The molecule has 5 nitrogen and oxygen atoms in total. The minimum Gasteiger partial charge on any atom is -0.346 e. The molecule has 0 bridgehead atoms. The molecular formula is C20H17F2N3O2. The summed E-state index contributed by atoms with van der Waals surface area (Å²) in [4.78, 5) is 24.3. The smallest absolute Gasteiger partial charge is 0.271 e. The quantitative estimate of drug-likeness (QED) is 0.752. The molecule has 138 valence electrons. The first-order chi connectivity index (χ1) is 12.9. The molecule has 0 aliphatic rings. The summed E-state index contributed by atoms with van der Waals surface area (Å²) in [5.41, 5.74) is 1.82. The molecule has 0 aliphatic heterocycles. The van der Waals surface area contributed by atoms with Crippen molar-refractivity contribution in [3.05, 3.63) is 99.0 Å². The Morgan fingerprint density at radius 1 is 1.07 bits per heavy atom. The Morgan fingerprint density at radius 3 is 2.52 bits per heavy atom. The third-order valence-electron chi connectivity index (χ3n) is 4.01. The van der Waals surface area contributed by atoms with E-state index in [1.807, 2.05) is 31.2 Å². The molecule has 0 aliphatic carbocycles. The van der Waals surface area contributed by atoms with Gasteiger partial charge in [-0.2, -0.15) is 5.10 Å². The van der Waals surface area contributed by atoms with Crippen LogP contribution in [0.15, 0.2) is 59.4 Å². The second kappa shape index (κ2) is 7.90. The van der Waals surface area contributed by atoms with Crippen molar-refractivity contribution in [3.8, 4) is 0 Å². The molecule has 27 heavy (non-hydrogen) atoms. The van der Waals surface area contributed by atoms with Gasteiger partial charge in [0.15, 0.2) is 0 Å². The minimum absolute atomic E-state index is 0.0317. The predicted octanol–water partition coefficient (Wildman–Crippen LogP) is 2.81. The molecule has 0 unspecified atom stereocenters. The van der Waals surface area contributed by atoms with Crippen molar-refractivity contribution in [3.63, 3.8) is 0 Å². The molecule has 0 saturated heterocycles. The maximum absolute atomic E-state index is 13.6. The van der Waals surface area contributed by atoms with Gasteiger partial charge in [0.05, 0.1) is 6.54 Å². The van der Waals surface area contributed by atoms with Crippen LogP contribution < -0.4 is 10.9 Å². The number of nitrogens with one attached hydrogen (secondary N) is 1. The monoisotopic (exact) mass is 369 g/mol. The fourth-order valence-electron chi connectivity index (χ4n) is 2.48. The van der Waals surface area contributed by atoms with Gasteiger partial charge < -0.3 is 5.32 Å². The van der Waals surface area contributed by atoms with E-state index in [-0.39, 0.29) is 29.9 Å². The largest absolute Gasteiger partial charge is 0.346 e. The Kier molecular flexibility index (Phi) is 5.40. The fourth-order valence-corrected chi connectivity index (χ4v) is 2.48. The van der Waals surface area contributed by atoms with Crippen molar-refractivity contribution in [2.75, 3.05) is 0 Å². The number of nitrogens with zero attached hydrogens (tertiary/aromatic N) is 2. The summed E-state index contributed by atoms with van der Waals surface area (Å²) in [5.74, 6) is -1.99. The lowest BCUT2D eigenvalue weighted by atomic mass is 10.1. The zero-order valence-electron chi connectivity index (χ0n) is 14.6. The zero-order chi connectivity index (χ0) is 19.4. The van der Waals surface area contributed by atoms with Gasteiger partial charge in [-0.25, -0.2) is 13.5 Å². The number of carbonyl (C=O) groups is 1. The van der Waals surface area contributed by atoms with E-state index >= 15 is 0 Å². The molecule has 7 heteroatoms. The van der Waals surface area contributed by atoms with Crippen LogP contribution in [0.25, 0.3) is 0 Å². The maximum Gasteiger partial charge on any atom is 0.271 e. The summed E-state index contributed by atoms with van der Waals surface area (Å²) in [6.07, 6.45) is 0. The first-order valence-corrected chi connectivity index (χ1v) is 8.28. The summed E-state index contributed by atoms with van der Waals surface area (Å²) in [7, 11) is 0. The third kappa shape index (κ3) is 4.63. The van der Waals surface area contributed by atoms with Gasteiger partial charge in [-0.3, -0.25) is 9.59 Å². The van der Waals surface area contributed by atoms with Crippen LogP contribution in [0, 0.1) is 18.6 Å². The van der Waals surface area contributed by atoms with Crippen molar-refractivity contribution in [1.29, 1.82) is 0 Å². The number of aryl methyl sites for hydroxylation is 1. The fraction of sp³-hybridized carbons (Fsp3) is 0.150. The van der Waals surface area contributed by atoms with Gasteiger partial charge in [0.2, 0.25) is 0 Å². The molecule has 0 atom stereocenters. The number of benzene rings is 2. The van der Waals surface area contributed by atoms with Crippen LogP contribution in [0.5, 0.6) is 0 Å². The molecule has 1 amide bonds. The van der Waals surface area contributed by atoms with Gasteiger partial charge >= 0.3 is 0 Å². The van der Waals surface area contributed by atoms with E-state index in [9.17, 15) is 18.4 Å². The zero-order valence-corrected chi connectivity index (χ0v) is 14.6. The highest BCUT2D eigenvalue weighted by molar-refractivity contribution is 5.91. The first-order valence-electron chi connectivity index (χ1n) is 8.28. The molecule has 1 N–H and O–H groups in total. The highest BCUT2D eigenvalue weighted by Crippen LogP contribution is 2.09. The van der Waals surface area contributed by atoms with E-state index in [1.165, 1.54) is 22.9 Å². The lowest BCUT2D eigenvalue weighted by Crippen LogP contribution is -2.29. The van der Waals surface area contributed by atoms with Crippen molar-refractivity contribution >= 4 is 5.91 Å². The molecule has 0 radical (unpaired) electrons. The van der Waals surface area contributed by atoms with Crippen LogP contribution in [-0.2, 0) is 13.1 Å². The van der Waals surface area contributed by atoms with Gasteiger partial charge in [0.1, 0.15) is 17.3 Å².